The summed E-state index contributed by atoms with van der Waals surface area (Å²) in [6.45, 7) is 4.46. The molecule has 0 atom stereocenters. The fourth-order valence-corrected chi connectivity index (χ4v) is 6.99. The van der Waals surface area contributed by atoms with E-state index in [0.29, 0.717) is 11.6 Å². The minimum atomic E-state index is -0.300. The highest BCUT2D eigenvalue weighted by Gasteiger charge is 2.43. The van der Waals surface area contributed by atoms with Crippen LogP contribution in [0.2, 0.25) is 0 Å². The number of hydrogen-bond donors (Lipinski definition) is 0. The van der Waals surface area contributed by atoms with Gasteiger partial charge in [-0.1, -0.05) is 43.5 Å². The highest BCUT2D eigenvalue weighted by Crippen LogP contribution is 2.44. The van der Waals surface area contributed by atoms with Gasteiger partial charge in [-0.2, -0.15) is 0 Å². The quantitative estimate of drug-likeness (QED) is 0.453. The smallest absolute Gasteiger partial charge is 0.337 e. The van der Waals surface area contributed by atoms with Crippen LogP contribution in [0.1, 0.15) is 68.1 Å². The average Bonchev–Trinajstić information content (AvgIpc) is 2.97. The molecule has 2 aliphatic carbocycles. The molecule has 194 valence electrons. The van der Waals surface area contributed by atoms with E-state index in [0.717, 1.165) is 43.2 Å². The fraction of sp³-hybridized carbons (Fsp3) is 0.581. The molecule has 2 saturated carbocycles. The number of rotatable bonds is 6. The molecule has 2 aromatic carbocycles. The zero-order valence-corrected chi connectivity index (χ0v) is 22.1. The van der Waals surface area contributed by atoms with Crippen LogP contribution in [0.3, 0.4) is 0 Å². The maximum atomic E-state index is 11.7. The zero-order valence-electron chi connectivity index (χ0n) is 22.1. The van der Waals surface area contributed by atoms with Gasteiger partial charge < -0.3 is 14.4 Å². The van der Waals surface area contributed by atoms with Crippen LogP contribution in [0, 0.1) is 5.92 Å². The van der Waals surface area contributed by atoms with Gasteiger partial charge in [-0.15, -0.1) is 0 Å². The number of nitrogens with zero attached hydrogens (tertiary/aromatic N) is 2. The van der Waals surface area contributed by atoms with Crippen molar-refractivity contribution in [1.82, 2.24) is 4.90 Å². The average molecular weight is 491 g/mol. The molecule has 2 aromatic rings. The lowest BCUT2D eigenvalue weighted by Gasteiger charge is -2.49. The molecular formula is C31H42N2O3. The summed E-state index contributed by atoms with van der Waals surface area (Å²) in [5.41, 5.74) is 4.30. The summed E-state index contributed by atoms with van der Waals surface area (Å²) >= 11 is 0. The standard InChI is InChI=1S/C31H42N2O3/c1-35-30(34)26-10-8-24(9-11-26)25-12-14-28(15-13-25)32-20-22-33(23-21-32)29-16-18-31(36-2,19-17-29)27-6-4-3-5-7-27/h8-15,27,29H,3-7,16-23H2,1-2H3. The molecule has 0 unspecified atom stereocenters. The third-order valence-corrected chi connectivity index (χ3v) is 9.26. The molecule has 3 aliphatic rings. The summed E-state index contributed by atoms with van der Waals surface area (Å²) in [4.78, 5) is 16.9. The molecule has 0 radical (unpaired) electrons. The van der Waals surface area contributed by atoms with Crippen LogP contribution in [0.25, 0.3) is 11.1 Å². The highest BCUT2D eigenvalue weighted by atomic mass is 16.5. The van der Waals surface area contributed by atoms with Crippen molar-refractivity contribution in [2.24, 2.45) is 5.92 Å². The lowest BCUT2D eigenvalue weighted by Crippen LogP contribution is -2.54. The maximum Gasteiger partial charge on any atom is 0.337 e. The number of methoxy groups -OCH3 is 2. The SMILES string of the molecule is COC(=O)c1ccc(-c2ccc(N3CCN(C4CCC(OC)(C5CCCCC5)CC4)CC3)cc2)cc1. The van der Waals surface area contributed by atoms with Crippen LogP contribution in [-0.4, -0.2) is 62.9 Å². The molecule has 1 aliphatic heterocycles. The van der Waals surface area contributed by atoms with Crippen LogP contribution in [0.15, 0.2) is 48.5 Å². The Morgan fingerprint density at radius 3 is 1.92 bits per heavy atom. The molecule has 5 heteroatoms. The summed E-state index contributed by atoms with van der Waals surface area (Å²) in [5, 5.41) is 0. The van der Waals surface area contributed by atoms with Gasteiger partial charge in [0, 0.05) is 45.0 Å². The van der Waals surface area contributed by atoms with Crippen molar-refractivity contribution in [3.8, 4) is 11.1 Å². The van der Waals surface area contributed by atoms with E-state index < -0.39 is 0 Å². The van der Waals surface area contributed by atoms with Crippen molar-refractivity contribution in [3.63, 3.8) is 0 Å². The van der Waals surface area contributed by atoms with Crippen molar-refractivity contribution in [2.75, 3.05) is 45.3 Å². The van der Waals surface area contributed by atoms with E-state index in [-0.39, 0.29) is 11.6 Å². The van der Waals surface area contributed by atoms with Gasteiger partial charge in [0.05, 0.1) is 18.3 Å². The van der Waals surface area contributed by atoms with Crippen molar-refractivity contribution in [3.05, 3.63) is 54.1 Å². The van der Waals surface area contributed by atoms with Crippen LogP contribution < -0.4 is 4.90 Å². The predicted octanol–water partition coefficient (Wildman–Crippen LogP) is 6.17. The number of benzene rings is 2. The summed E-state index contributed by atoms with van der Waals surface area (Å²) in [6.07, 6.45) is 12.0. The van der Waals surface area contributed by atoms with Gasteiger partial charge in [0.2, 0.25) is 0 Å². The Kier molecular flexibility index (Phi) is 7.97. The second-order valence-electron chi connectivity index (χ2n) is 11.0. The van der Waals surface area contributed by atoms with E-state index in [4.69, 9.17) is 9.47 Å². The lowest BCUT2D eigenvalue weighted by atomic mass is 9.68. The monoisotopic (exact) mass is 490 g/mol. The molecule has 0 bridgehead atoms. The molecule has 0 aromatic heterocycles. The molecule has 3 fully saturated rings. The van der Waals surface area contributed by atoms with Crippen molar-refractivity contribution in [2.45, 2.75) is 69.4 Å². The van der Waals surface area contributed by atoms with E-state index >= 15 is 0 Å². The molecule has 0 spiro atoms. The van der Waals surface area contributed by atoms with Crippen molar-refractivity contribution >= 4 is 11.7 Å². The second-order valence-corrected chi connectivity index (χ2v) is 11.0. The summed E-state index contributed by atoms with van der Waals surface area (Å²) in [5.74, 6) is 0.481. The maximum absolute atomic E-state index is 11.7. The molecule has 0 amide bonds. The van der Waals surface area contributed by atoms with E-state index in [2.05, 4.69) is 34.1 Å². The van der Waals surface area contributed by atoms with Crippen LogP contribution in [-0.2, 0) is 9.47 Å². The van der Waals surface area contributed by atoms with Gasteiger partial charge in [-0.3, -0.25) is 4.90 Å². The normalized spacial score (nSPS) is 26.1. The molecule has 5 nitrogen and oxygen atoms in total. The predicted molar refractivity (Wildman–Crippen MR) is 146 cm³/mol. The minimum absolute atomic E-state index is 0.153. The third kappa shape index (κ3) is 5.33. The Labute approximate surface area is 216 Å². The van der Waals surface area contributed by atoms with Gasteiger partial charge in [0.25, 0.3) is 0 Å². The molecule has 1 heterocycles. The fourth-order valence-electron chi connectivity index (χ4n) is 6.99. The topological polar surface area (TPSA) is 42.0 Å². The number of anilines is 1. The van der Waals surface area contributed by atoms with Crippen LogP contribution in [0.4, 0.5) is 5.69 Å². The van der Waals surface area contributed by atoms with Gasteiger partial charge in [-0.05, 0) is 79.8 Å². The summed E-state index contributed by atoms with van der Waals surface area (Å²) in [7, 11) is 3.38. The Morgan fingerprint density at radius 1 is 0.778 bits per heavy atom. The minimum Gasteiger partial charge on any atom is -0.465 e. The van der Waals surface area contributed by atoms with Crippen LogP contribution in [0.5, 0.6) is 0 Å². The molecular weight excluding hydrogens is 448 g/mol. The molecule has 36 heavy (non-hydrogen) atoms. The zero-order chi connectivity index (χ0) is 25.0. The number of ether oxygens (including phenoxy) is 2. The molecule has 5 rings (SSSR count). The van der Waals surface area contributed by atoms with Gasteiger partial charge in [-0.25, -0.2) is 4.79 Å². The second kappa shape index (κ2) is 11.4. The summed E-state index contributed by atoms with van der Waals surface area (Å²) < 4.78 is 11.0. The van der Waals surface area contributed by atoms with Gasteiger partial charge in [0.1, 0.15) is 0 Å². The molecule has 1 saturated heterocycles. The Balaban J connectivity index is 1.13. The summed E-state index contributed by atoms with van der Waals surface area (Å²) in [6, 6.07) is 17.2. The van der Waals surface area contributed by atoms with Gasteiger partial charge >= 0.3 is 5.97 Å². The van der Waals surface area contributed by atoms with Crippen molar-refractivity contribution in [1.29, 1.82) is 0 Å². The highest BCUT2D eigenvalue weighted by molar-refractivity contribution is 5.90. The lowest BCUT2D eigenvalue weighted by molar-refractivity contribution is -0.105. The largest absolute Gasteiger partial charge is 0.465 e. The van der Waals surface area contributed by atoms with Crippen molar-refractivity contribution < 1.29 is 14.3 Å². The van der Waals surface area contributed by atoms with Gasteiger partial charge in [0.15, 0.2) is 0 Å². The Bertz CT molecular complexity index is 981. The van der Waals surface area contributed by atoms with E-state index in [1.54, 1.807) is 0 Å². The number of carbonyl (C=O) groups is 1. The first-order valence-corrected chi connectivity index (χ1v) is 13.9. The number of piperazine rings is 1. The molecule has 0 N–H and O–H groups in total. The Hall–Kier alpha value is -2.37. The first kappa shape index (κ1) is 25.3. The first-order valence-electron chi connectivity index (χ1n) is 13.9. The van der Waals surface area contributed by atoms with E-state index in [9.17, 15) is 4.79 Å². The van der Waals surface area contributed by atoms with E-state index in [1.165, 1.54) is 70.6 Å². The number of hydrogen-bond acceptors (Lipinski definition) is 5. The van der Waals surface area contributed by atoms with Crippen LogP contribution >= 0.6 is 0 Å². The first-order chi connectivity index (χ1) is 17.6. The van der Waals surface area contributed by atoms with E-state index in [1.807, 2.05) is 31.4 Å². The Morgan fingerprint density at radius 2 is 1.36 bits per heavy atom. The number of esters is 1. The third-order valence-electron chi connectivity index (χ3n) is 9.26. The number of carbonyl (C=O) groups excluding carboxylic acids is 1.